The Morgan fingerprint density at radius 2 is 2.29 bits per heavy atom. The molecule has 0 heterocycles. The Morgan fingerprint density at radius 3 is 2.64 bits per heavy atom. The lowest BCUT2D eigenvalue weighted by Gasteiger charge is -2.53. The molecule has 0 aliphatic heterocycles. The van der Waals surface area contributed by atoms with Crippen LogP contribution in [0.4, 0.5) is 0 Å². The number of carbonyl (C=O) groups is 1. The fourth-order valence-electron chi connectivity index (χ4n) is 3.09. The highest BCUT2D eigenvalue weighted by Crippen LogP contribution is 2.54. The van der Waals surface area contributed by atoms with Crippen LogP contribution in [0.25, 0.3) is 0 Å². The van der Waals surface area contributed by atoms with Crippen molar-refractivity contribution in [1.29, 1.82) is 0 Å². The van der Waals surface area contributed by atoms with Gasteiger partial charge in [0.15, 0.2) is 0 Å². The minimum absolute atomic E-state index is 0.0960. The molecule has 0 aromatic carbocycles. The van der Waals surface area contributed by atoms with E-state index in [-0.39, 0.29) is 11.8 Å². The van der Waals surface area contributed by atoms with Crippen molar-refractivity contribution in [2.45, 2.75) is 39.5 Å². The molecule has 0 saturated heterocycles. The topological polar surface area (TPSA) is 63.3 Å². The van der Waals surface area contributed by atoms with E-state index in [4.69, 9.17) is 10.8 Å². The van der Waals surface area contributed by atoms with Crippen molar-refractivity contribution in [2.24, 2.45) is 23.0 Å². The lowest BCUT2D eigenvalue weighted by atomic mass is 9.51. The molecule has 1 aliphatic carbocycles. The van der Waals surface area contributed by atoms with Crippen LogP contribution in [0.15, 0.2) is 0 Å². The maximum Gasteiger partial charge on any atom is 0.303 e. The van der Waals surface area contributed by atoms with Crippen molar-refractivity contribution in [2.75, 3.05) is 6.54 Å². The summed E-state index contributed by atoms with van der Waals surface area (Å²) in [6.45, 7) is 4.87. The third-order valence-corrected chi connectivity index (χ3v) is 3.71. The fourth-order valence-corrected chi connectivity index (χ4v) is 3.09. The molecule has 0 spiro atoms. The molecule has 0 bridgehead atoms. The largest absolute Gasteiger partial charge is 0.481 e. The first-order valence-corrected chi connectivity index (χ1v) is 5.47. The number of rotatable bonds is 5. The van der Waals surface area contributed by atoms with Crippen molar-refractivity contribution < 1.29 is 9.90 Å². The second kappa shape index (κ2) is 4.30. The number of carboxylic acids is 1. The molecular formula is C11H21NO2. The van der Waals surface area contributed by atoms with Crippen LogP contribution >= 0.6 is 0 Å². The van der Waals surface area contributed by atoms with Crippen LogP contribution in [0, 0.1) is 17.3 Å². The molecule has 1 fully saturated rings. The summed E-state index contributed by atoms with van der Waals surface area (Å²) in [5.41, 5.74) is 5.64. The van der Waals surface area contributed by atoms with E-state index in [1.54, 1.807) is 0 Å². The average Bonchev–Trinajstić information content (AvgIpc) is 2.12. The Hall–Kier alpha value is -0.570. The van der Waals surface area contributed by atoms with Gasteiger partial charge in [0, 0.05) is 0 Å². The zero-order valence-electron chi connectivity index (χ0n) is 9.12. The zero-order chi connectivity index (χ0) is 10.8. The summed E-state index contributed by atoms with van der Waals surface area (Å²) in [6, 6.07) is 0. The van der Waals surface area contributed by atoms with Crippen LogP contribution in [0.2, 0.25) is 0 Å². The summed E-state index contributed by atoms with van der Waals surface area (Å²) < 4.78 is 0. The molecule has 3 heteroatoms. The van der Waals surface area contributed by atoms with Crippen LogP contribution in [0.5, 0.6) is 0 Å². The molecule has 0 aromatic rings. The first kappa shape index (κ1) is 11.5. The van der Waals surface area contributed by atoms with Gasteiger partial charge in [-0.25, -0.2) is 0 Å². The van der Waals surface area contributed by atoms with Gasteiger partial charge < -0.3 is 10.8 Å². The van der Waals surface area contributed by atoms with E-state index in [2.05, 4.69) is 13.8 Å². The summed E-state index contributed by atoms with van der Waals surface area (Å²) in [7, 11) is 0. The van der Waals surface area contributed by atoms with Gasteiger partial charge >= 0.3 is 5.97 Å². The Bertz CT molecular complexity index is 217. The molecule has 1 saturated carbocycles. The van der Waals surface area contributed by atoms with Gasteiger partial charge in [-0.2, -0.15) is 0 Å². The fraction of sp³-hybridized carbons (Fsp3) is 0.909. The summed E-state index contributed by atoms with van der Waals surface area (Å²) in [5, 5.41) is 8.86. The minimum atomic E-state index is -0.705. The summed E-state index contributed by atoms with van der Waals surface area (Å²) >= 11 is 0. The SMILES string of the molecule is CCC[C@H]1[C@@H](C)C[C@]1(CN)CC(=O)O. The van der Waals surface area contributed by atoms with Gasteiger partial charge in [-0.1, -0.05) is 20.3 Å². The van der Waals surface area contributed by atoms with E-state index < -0.39 is 5.97 Å². The Labute approximate surface area is 85.7 Å². The van der Waals surface area contributed by atoms with E-state index in [9.17, 15) is 4.79 Å². The van der Waals surface area contributed by atoms with Crippen molar-refractivity contribution in [3.63, 3.8) is 0 Å². The van der Waals surface area contributed by atoms with E-state index in [1.807, 2.05) is 0 Å². The van der Waals surface area contributed by atoms with Crippen LogP contribution in [-0.2, 0) is 4.79 Å². The highest BCUT2D eigenvalue weighted by molar-refractivity contribution is 5.68. The number of aliphatic carboxylic acids is 1. The van der Waals surface area contributed by atoms with Gasteiger partial charge in [0.1, 0.15) is 0 Å². The number of nitrogens with two attached hydrogens (primary N) is 1. The van der Waals surface area contributed by atoms with Gasteiger partial charge in [-0.15, -0.1) is 0 Å². The normalized spacial score (nSPS) is 36.5. The minimum Gasteiger partial charge on any atom is -0.481 e. The molecule has 3 nitrogen and oxygen atoms in total. The van der Waals surface area contributed by atoms with Gasteiger partial charge in [0.2, 0.25) is 0 Å². The maximum atomic E-state index is 10.8. The van der Waals surface area contributed by atoms with Crippen LogP contribution in [0.3, 0.4) is 0 Å². The Kier molecular flexibility index (Phi) is 3.53. The molecule has 0 aromatic heterocycles. The van der Waals surface area contributed by atoms with Gasteiger partial charge in [0.05, 0.1) is 6.42 Å². The van der Waals surface area contributed by atoms with E-state index in [0.29, 0.717) is 18.4 Å². The molecule has 0 radical (unpaired) electrons. The predicted octanol–water partition coefficient (Wildman–Crippen LogP) is 1.86. The first-order valence-electron chi connectivity index (χ1n) is 5.47. The Morgan fingerprint density at radius 1 is 1.64 bits per heavy atom. The van der Waals surface area contributed by atoms with Crippen molar-refractivity contribution in [1.82, 2.24) is 0 Å². The highest BCUT2D eigenvalue weighted by Gasteiger charge is 2.50. The van der Waals surface area contributed by atoms with E-state index in [1.165, 1.54) is 0 Å². The standard InChI is InChI=1S/C11H21NO2/c1-3-4-9-8(2)5-11(9,7-12)6-10(13)14/h8-9H,3-7,12H2,1-2H3,(H,13,14)/t8-,9-,11+/m0/s1. The Balaban J connectivity index is 2.65. The van der Waals surface area contributed by atoms with Crippen LogP contribution < -0.4 is 5.73 Å². The first-order chi connectivity index (χ1) is 6.55. The third kappa shape index (κ3) is 1.92. The quantitative estimate of drug-likeness (QED) is 0.710. The number of hydrogen-bond donors (Lipinski definition) is 2. The molecule has 1 rings (SSSR count). The van der Waals surface area contributed by atoms with Crippen molar-refractivity contribution >= 4 is 5.97 Å². The summed E-state index contributed by atoms with van der Waals surface area (Å²) in [6.07, 6.45) is 3.47. The van der Waals surface area contributed by atoms with Crippen molar-refractivity contribution in [3.05, 3.63) is 0 Å². The summed E-state index contributed by atoms with van der Waals surface area (Å²) in [4.78, 5) is 10.8. The van der Waals surface area contributed by atoms with Crippen LogP contribution in [0.1, 0.15) is 39.5 Å². The van der Waals surface area contributed by atoms with Gasteiger partial charge in [-0.3, -0.25) is 4.79 Å². The second-order valence-electron chi connectivity index (χ2n) is 4.71. The zero-order valence-corrected chi connectivity index (χ0v) is 9.12. The van der Waals surface area contributed by atoms with E-state index in [0.717, 1.165) is 19.3 Å². The summed E-state index contributed by atoms with van der Waals surface area (Å²) in [5.74, 6) is 0.468. The molecule has 3 N–H and O–H groups in total. The van der Waals surface area contributed by atoms with Crippen LogP contribution in [-0.4, -0.2) is 17.6 Å². The monoisotopic (exact) mass is 199 g/mol. The number of carboxylic acid groups (broad SMARTS) is 1. The maximum absolute atomic E-state index is 10.8. The molecule has 1 aliphatic rings. The molecule has 3 atom stereocenters. The second-order valence-corrected chi connectivity index (χ2v) is 4.71. The smallest absolute Gasteiger partial charge is 0.303 e. The third-order valence-electron chi connectivity index (χ3n) is 3.71. The molecule has 0 unspecified atom stereocenters. The molecular weight excluding hydrogens is 178 g/mol. The number of hydrogen-bond acceptors (Lipinski definition) is 2. The van der Waals surface area contributed by atoms with Gasteiger partial charge in [-0.05, 0) is 36.6 Å². The molecule has 14 heavy (non-hydrogen) atoms. The van der Waals surface area contributed by atoms with Crippen molar-refractivity contribution in [3.8, 4) is 0 Å². The molecule has 0 amide bonds. The molecule has 82 valence electrons. The highest BCUT2D eigenvalue weighted by atomic mass is 16.4. The average molecular weight is 199 g/mol. The lowest BCUT2D eigenvalue weighted by Crippen LogP contribution is -2.52. The van der Waals surface area contributed by atoms with E-state index >= 15 is 0 Å². The lowest BCUT2D eigenvalue weighted by molar-refractivity contribution is -0.146. The van der Waals surface area contributed by atoms with Gasteiger partial charge in [0.25, 0.3) is 0 Å². The predicted molar refractivity (Wildman–Crippen MR) is 55.9 cm³/mol.